The molecule has 1 aliphatic heterocycles. The average molecular weight is 590 g/mol. The highest BCUT2D eigenvalue weighted by Gasteiger charge is 2.31. The molecule has 0 radical (unpaired) electrons. The monoisotopic (exact) mass is 589 g/mol. The van der Waals surface area contributed by atoms with Crippen LogP contribution in [0.3, 0.4) is 0 Å². The Bertz CT molecular complexity index is 1420. The van der Waals surface area contributed by atoms with Crippen LogP contribution in [0.15, 0.2) is 89.8 Å². The fourth-order valence-corrected chi connectivity index (χ4v) is 6.50. The molecule has 3 aromatic carbocycles. The third kappa shape index (κ3) is 8.50. The number of carbonyl (C=O) groups is 2. The molecule has 1 aliphatic carbocycles. The lowest BCUT2D eigenvalue weighted by atomic mass is 10.0. The molecular weight excluding hydrogens is 550 g/mol. The molecule has 0 spiro atoms. The Kier molecular flexibility index (Phi) is 10.0. The number of amides is 2. The lowest BCUT2D eigenvalue weighted by Crippen LogP contribution is -2.51. The highest BCUT2D eigenvalue weighted by atomic mass is 32.2. The Labute approximate surface area is 248 Å². The van der Waals surface area contributed by atoms with Crippen molar-refractivity contribution in [1.29, 1.82) is 0 Å². The Balaban J connectivity index is 1.32. The summed E-state index contributed by atoms with van der Waals surface area (Å²) in [5, 5.41) is 3.06. The first-order valence-electron chi connectivity index (χ1n) is 14.8. The maximum Gasteiger partial charge on any atom is 0.243 e. The van der Waals surface area contributed by atoms with Crippen molar-refractivity contribution in [3.63, 3.8) is 0 Å². The van der Waals surface area contributed by atoms with Crippen LogP contribution in [0.1, 0.15) is 48.8 Å². The summed E-state index contributed by atoms with van der Waals surface area (Å²) in [6.45, 7) is 1.42. The van der Waals surface area contributed by atoms with Crippen LogP contribution in [0.2, 0.25) is 0 Å². The number of aryl methyl sites for hydroxylation is 1. The van der Waals surface area contributed by atoms with Gasteiger partial charge in [0.15, 0.2) is 0 Å². The molecule has 222 valence electrons. The topological polar surface area (TPSA) is 105 Å². The van der Waals surface area contributed by atoms with E-state index in [4.69, 9.17) is 4.74 Å². The number of sulfonamides is 1. The van der Waals surface area contributed by atoms with Gasteiger partial charge in [-0.25, -0.2) is 13.1 Å². The zero-order valence-electron chi connectivity index (χ0n) is 23.8. The molecule has 42 heavy (non-hydrogen) atoms. The summed E-state index contributed by atoms with van der Waals surface area (Å²) in [7, 11) is -3.53. The average Bonchev–Trinajstić information content (AvgIpc) is 3.65. The number of nitrogens with one attached hydrogen (secondary N) is 2. The summed E-state index contributed by atoms with van der Waals surface area (Å²) in [6, 6.07) is 25.5. The first kappa shape index (κ1) is 29.9. The Morgan fingerprint density at radius 2 is 1.52 bits per heavy atom. The third-order valence-electron chi connectivity index (χ3n) is 7.76. The van der Waals surface area contributed by atoms with Crippen LogP contribution < -0.4 is 10.0 Å². The zero-order valence-corrected chi connectivity index (χ0v) is 24.6. The molecule has 1 saturated heterocycles. The van der Waals surface area contributed by atoms with Gasteiger partial charge in [-0.1, -0.05) is 72.8 Å². The van der Waals surface area contributed by atoms with Crippen molar-refractivity contribution in [2.45, 2.75) is 74.6 Å². The molecule has 2 N–H and O–H groups in total. The lowest BCUT2D eigenvalue weighted by molar-refractivity contribution is -0.141. The van der Waals surface area contributed by atoms with Crippen molar-refractivity contribution in [1.82, 2.24) is 14.9 Å². The van der Waals surface area contributed by atoms with Gasteiger partial charge in [0.2, 0.25) is 21.8 Å². The predicted octanol–water partition coefficient (Wildman–Crippen LogP) is 4.00. The summed E-state index contributed by atoms with van der Waals surface area (Å²) >= 11 is 0. The largest absolute Gasteiger partial charge is 0.376 e. The van der Waals surface area contributed by atoms with Crippen LogP contribution >= 0.6 is 0 Å². The van der Waals surface area contributed by atoms with E-state index in [0.29, 0.717) is 32.5 Å². The number of nitrogens with zero attached hydrogens (tertiary/aromatic N) is 1. The van der Waals surface area contributed by atoms with E-state index in [1.54, 1.807) is 29.2 Å². The standard InChI is InChI=1S/C33H39N3O5S/c37-32(20-15-25-13-18-30(19-14-25)42(39,40)35-28-16-17-28)36(24-27-10-5-2-6-11-27)31(22-26-8-3-1-4-9-26)33(38)34-23-29-12-7-21-41-29/h1-6,8-11,13-14,18-19,28-29,31,35H,7,12,15-17,20-24H2,(H,34,38)/t29-,31+/m0/s1. The van der Waals surface area contributed by atoms with Crippen LogP contribution in [-0.2, 0) is 43.7 Å². The number of carbonyl (C=O) groups excluding carboxylic acids is 2. The molecule has 1 saturated carbocycles. The van der Waals surface area contributed by atoms with E-state index < -0.39 is 16.1 Å². The van der Waals surface area contributed by atoms with Crippen molar-refractivity contribution in [3.8, 4) is 0 Å². The molecule has 0 aromatic heterocycles. The van der Waals surface area contributed by atoms with E-state index in [-0.39, 0.29) is 35.3 Å². The fourth-order valence-electron chi connectivity index (χ4n) is 5.19. The van der Waals surface area contributed by atoms with Gasteiger partial charge in [-0.3, -0.25) is 9.59 Å². The van der Waals surface area contributed by atoms with Gasteiger partial charge in [-0.05, 0) is 60.9 Å². The van der Waals surface area contributed by atoms with Gasteiger partial charge < -0.3 is 15.0 Å². The second-order valence-corrected chi connectivity index (χ2v) is 12.8. The van der Waals surface area contributed by atoms with E-state index >= 15 is 0 Å². The van der Waals surface area contributed by atoms with Gasteiger partial charge >= 0.3 is 0 Å². The molecule has 3 aromatic rings. The van der Waals surface area contributed by atoms with Crippen molar-refractivity contribution in [3.05, 3.63) is 102 Å². The normalized spacial score (nSPS) is 17.5. The Morgan fingerprint density at radius 3 is 2.14 bits per heavy atom. The smallest absolute Gasteiger partial charge is 0.243 e. The number of hydrogen-bond acceptors (Lipinski definition) is 5. The Hall–Kier alpha value is -3.53. The quantitative estimate of drug-likeness (QED) is 0.296. The van der Waals surface area contributed by atoms with Crippen molar-refractivity contribution in [2.24, 2.45) is 0 Å². The molecular formula is C33H39N3O5S. The fraction of sp³-hybridized carbons (Fsp3) is 0.394. The van der Waals surface area contributed by atoms with E-state index in [0.717, 1.165) is 42.4 Å². The van der Waals surface area contributed by atoms with E-state index in [9.17, 15) is 18.0 Å². The molecule has 0 unspecified atom stereocenters. The number of ether oxygens (including phenoxy) is 1. The lowest BCUT2D eigenvalue weighted by Gasteiger charge is -2.32. The minimum Gasteiger partial charge on any atom is -0.376 e. The summed E-state index contributed by atoms with van der Waals surface area (Å²) in [6.07, 6.45) is 4.63. The molecule has 2 atom stereocenters. The highest BCUT2D eigenvalue weighted by Crippen LogP contribution is 2.23. The van der Waals surface area contributed by atoms with E-state index in [1.807, 2.05) is 60.7 Å². The van der Waals surface area contributed by atoms with Crippen LogP contribution in [0, 0.1) is 0 Å². The van der Waals surface area contributed by atoms with Gasteiger partial charge in [0.05, 0.1) is 11.0 Å². The minimum absolute atomic E-state index is 0.00383. The molecule has 8 nitrogen and oxygen atoms in total. The van der Waals surface area contributed by atoms with Crippen molar-refractivity contribution >= 4 is 21.8 Å². The van der Waals surface area contributed by atoms with Gasteiger partial charge in [0.1, 0.15) is 6.04 Å². The van der Waals surface area contributed by atoms with Gasteiger partial charge in [-0.15, -0.1) is 0 Å². The third-order valence-corrected chi connectivity index (χ3v) is 9.29. The van der Waals surface area contributed by atoms with Crippen LogP contribution in [0.4, 0.5) is 0 Å². The Morgan fingerprint density at radius 1 is 0.857 bits per heavy atom. The second-order valence-electron chi connectivity index (χ2n) is 11.1. The molecule has 2 aliphatic rings. The molecule has 5 rings (SSSR count). The van der Waals surface area contributed by atoms with Crippen LogP contribution in [0.5, 0.6) is 0 Å². The number of benzene rings is 3. The first-order valence-corrected chi connectivity index (χ1v) is 16.2. The maximum absolute atomic E-state index is 13.9. The van der Waals surface area contributed by atoms with Crippen molar-refractivity contribution in [2.75, 3.05) is 13.2 Å². The number of rotatable bonds is 14. The first-order chi connectivity index (χ1) is 20.4. The summed E-state index contributed by atoms with van der Waals surface area (Å²) in [4.78, 5) is 29.5. The highest BCUT2D eigenvalue weighted by molar-refractivity contribution is 7.89. The SMILES string of the molecule is O=C(NC[C@@H]1CCCO1)[C@@H](Cc1ccccc1)N(Cc1ccccc1)C(=O)CCc1ccc(S(=O)(=O)NC2CC2)cc1. The van der Waals surface area contributed by atoms with Crippen LogP contribution in [-0.4, -0.2) is 56.5 Å². The number of hydrogen-bond donors (Lipinski definition) is 2. The predicted molar refractivity (Wildman–Crippen MR) is 161 cm³/mol. The molecule has 1 heterocycles. The van der Waals surface area contributed by atoms with Crippen LogP contribution in [0.25, 0.3) is 0 Å². The van der Waals surface area contributed by atoms with E-state index in [2.05, 4.69) is 10.0 Å². The summed E-state index contributed by atoms with van der Waals surface area (Å²) in [5.41, 5.74) is 2.77. The van der Waals surface area contributed by atoms with Crippen molar-refractivity contribution < 1.29 is 22.7 Å². The van der Waals surface area contributed by atoms with Gasteiger partial charge in [-0.2, -0.15) is 0 Å². The van der Waals surface area contributed by atoms with E-state index in [1.165, 1.54) is 0 Å². The zero-order chi connectivity index (χ0) is 29.4. The second kappa shape index (κ2) is 14.1. The molecule has 9 heteroatoms. The van der Waals surface area contributed by atoms with Gasteiger partial charge in [0, 0.05) is 38.6 Å². The molecule has 2 fully saturated rings. The minimum atomic E-state index is -3.53. The maximum atomic E-state index is 13.9. The van der Waals surface area contributed by atoms with Gasteiger partial charge in [0.25, 0.3) is 0 Å². The molecule has 2 amide bonds. The summed E-state index contributed by atoms with van der Waals surface area (Å²) < 4.78 is 33.5. The molecule has 0 bridgehead atoms. The summed E-state index contributed by atoms with van der Waals surface area (Å²) in [5.74, 6) is -0.337.